The van der Waals surface area contributed by atoms with Crippen LogP contribution in [0.1, 0.15) is 25.7 Å². The van der Waals surface area contributed by atoms with Gasteiger partial charge in [0.05, 0.1) is 4.90 Å². The lowest BCUT2D eigenvalue weighted by Crippen LogP contribution is -2.36. The van der Waals surface area contributed by atoms with Gasteiger partial charge in [0.15, 0.2) is 0 Å². The number of anilines is 1. The van der Waals surface area contributed by atoms with Crippen LogP contribution in [-0.2, 0) is 10.0 Å². The summed E-state index contributed by atoms with van der Waals surface area (Å²) in [5.41, 5.74) is 0.995. The highest BCUT2D eigenvalue weighted by molar-refractivity contribution is 7.89. The molecule has 2 N–H and O–H groups in total. The Balaban J connectivity index is 1.61. The van der Waals surface area contributed by atoms with Gasteiger partial charge in [0, 0.05) is 17.8 Å². The first kappa shape index (κ1) is 14.8. The topological polar surface area (TPSA) is 61.4 Å². The fourth-order valence-electron chi connectivity index (χ4n) is 2.61. The molecule has 1 aliphatic heterocycles. The van der Waals surface area contributed by atoms with E-state index in [9.17, 15) is 8.42 Å². The third-order valence-corrected chi connectivity index (χ3v) is 5.69. The average Bonchev–Trinajstić information content (AvgIpc) is 3.25. The molecule has 1 saturated heterocycles. The van der Waals surface area contributed by atoms with Crippen molar-refractivity contribution < 1.29 is 8.42 Å². The maximum absolute atomic E-state index is 12.1. The monoisotopic (exact) mass is 309 g/mol. The Labute approximate surface area is 126 Å². The van der Waals surface area contributed by atoms with E-state index in [0.29, 0.717) is 10.9 Å². The second-order valence-corrected chi connectivity index (χ2v) is 7.86. The van der Waals surface area contributed by atoms with E-state index in [-0.39, 0.29) is 6.04 Å². The Morgan fingerprint density at radius 2 is 1.62 bits per heavy atom. The minimum absolute atomic E-state index is 0.145. The van der Waals surface area contributed by atoms with E-state index in [0.717, 1.165) is 44.5 Å². The molecule has 116 valence electrons. The predicted molar refractivity (Wildman–Crippen MR) is 83.9 cm³/mol. The summed E-state index contributed by atoms with van der Waals surface area (Å²) in [6.45, 7) is 2.21. The van der Waals surface area contributed by atoms with Crippen molar-refractivity contribution in [2.45, 2.75) is 42.7 Å². The van der Waals surface area contributed by atoms with Gasteiger partial charge < -0.3 is 10.2 Å². The fourth-order valence-corrected chi connectivity index (χ4v) is 3.91. The van der Waals surface area contributed by atoms with Crippen LogP contribution >= 0.6 is 0 Å². The van der Waals surface area contributed by atoms with Gasteiger partial charge in [-0.3, -0.25) is 0 Å². The Kier molecular flexibility index (Phi) is 4.19. The Morgan fingerprint density at radius 3 is 2.19 bits per heavy atom. The number of nitrogens with one attached hydrogen (secondary N) is 2. The first-order valence-electron chi connectivity index (χ1n) is 7.60. The zero-order chi connectivity index (χ0) is 14.9. The number of nitrogens with zero attached hydrogens (tertiary/aromatic N) is 1. The van der Waals surface area contributed by atoms with Gasteiger partial charge in [0.2, 0.25) is 10.0 Å². The van der Waals surface area contributed by atoms with Gasteiger partial charge in [0.25, 0.3) is 0 Å². The molecule has 2 fully saturated rings. The molecule has 1 aromatic rings. The molecule has 0 radical (unpaired) electrons. The van der Waals surface area contributed by atoms with Crippen molar-refractivity contribution in [3.8, 4) is 0 Å². The highest BCUT2D eigenvalue weighted by Gasteiger charge is 2.27. The van der Waals surface area contributed by atoms with E-state index in [2.05, 4.69) is 22.0 Å². The first-order valence-corrected chi connectivity index (χ1v) is 9.09. The number of hydrogen-bond acceptors (Lipinski definition) is 4. The Bertz CT molecular complexity index is 573. The molecule has 21 heavy (non-hydrogen) atoms. The number of sulfonamides is 1. The molecule has 6 heteroatoms. The largest absolute Gasteiger partial charge is 0.382 e. The van der Waals surface area contributed by atoms with Crippen LogP contribution in [0.5, 0.6) is 0 Å². The molecule has 1 aliphatic carbocycles. The van der Waals surface area contributed by atoms with E-state index in [1.165, 1.54) is 0 Å². The summed E-state index contributed by atoms with van der Waals surface area (Å²) in [6.07, 6.45) is 4.16. The minimum Gasteiger partial charge on any atom is -0.382 e. The van der Waals surface area contributed by atoms with Crippen molar-refractivity contribution in [1.29, 1.82) is 0 Å². The molecule has 0 bridgehead atoms. The van der Waals surface area contributed by atoms with Crippen molar-refractivity contribution in [2.24, 2.45) is 0 Å². The standard InChI is InChI=1S/C15H23N3O2S/c1-18-10-8-13(9-11-18)16-12-4-6-15(7-5-12)21(19,20)17-14-2-3-14/h4-7,13-14,16-17H,2-3,8-11H2,1H3. The molecule has 1 saturated carbocycles. The van der Waals surface area contributed by atoms with Crippen LogP contribution in [-0.4, -0.2) is 45.5 Å². The van der Waals surface area contributed by atoms with Gasteiger partial charge in [-0.2, -0.15) is 0 Å². The number of rotatable bonds is 5. The molecular formula is C15H23N3O2S. The third kappa shape index (κ3) is 3.96. The van der Waals surface area contributed by atoms with E-state index in [4.69, 9.17) is 0 Å². The Hall–Kier alpha value is -1.11. The van der Waals surface area contributed by atoms with E-state index in [1.54, 1.807) is 12.1 Å². The average molecular weight is 309 g/mol. The van der Waals surface area contributed by atoms with Crippen LogP contribution in [0.2, 0.25) is 0 Å². The molecule has 5 nitrogen and oxygen atoms in total. The van der Waals surface area contributed by atoms with Gasteiger partial charge in [-0.1, -0.05) is 0 Å². The summed E-state index contributed by atoms with van der Waals surface area (Å²) in [6, 6.07) is 7.71. The van der Waals surface area contributed by atoms with Crippen LogP contribution in [0.4, 0.5) is 5.69 Å². The molecule has 1 aromatic carbocycles. The number of benzene rings is 1. The van der Waals surface area contributed by atoms with E-state index < -0.39 is 10.0 Å². The quantitative estimate of drug-likeness (QED) is 0.868. The summed E-state index contributed by atoms with van der Waals surface area (Å²) >= 11 is 0. The Morgan fingerprint density at radius 1 is 1.00 bits per heavy atom. The SMILES string of the molecule is CN1CCC(Nc2ccc(S(=O)(=O)NC3CC3)cc2)CC1. The van der Waals surface area contributed by atoms with Gasteiger partial charge in [-0.15, -0.1) is 0 Å². The van der Waals surface area contributed by atoms with Crippen LogP contribution in [0.3, 0.4) is 0 Å². The number of piperidine rings is 1. The lowest BCUT2D eigenvalue weighted by molar-refractivity contribution is 0.264. The zero-order valence-electron chi connectivity index (χ0n) is 12.4. The lowest BCUT2D eigenvalue weighted by atomic mass is 10.1. The van der Waals surface area contributed by atoms with Crippen molar-refractivity contribution in [3.63, 3.8) is 0 Å². The van der Waals surface area contributed by atoms with E-state index in [1.807, 2.05) is 12.1 Å². The van der Waals surface area contributed by atoms with Crippen molar-refractivity contribution in [2.75, 3.05) is 25.5 Å². The molecule has 2 aliphatic rings. The van der Waals surface area contributed by atoms with Gasteiger partial charge >= 0.3 is 0 Å². The van der Waals surface area contributed by atoms with Crippen LogP contribution in [0, 0.1) is 0 Å². The molecule has 0 aromatic heterocycles. The normalized spacial score (nSPS) is 21.4. The lowest BCUT2D eigenvalue weighted by Gasteiger charge is -2.30. The smallest absolute Gasteiger partial charge is 0.240 e. The van der Waals surface area contributed by atoms with Crippen LogP contribution < -0.4 is 10.0 Å². The predicted octanol–water partition coefficient (Wildman–Crippen LogP) is 1.63. The summed E-state index contributed by atoms with van der Waals surface area (Å²) < 4.78 is 26.9. The molecule has 0 spiro atoms. The highest BCUT2D eigenvalue weighted by atomic mass is 32.2. The summed E-state index contributed by atoms with van der Waals surface area (Å²) in [4.78, 5) is 2.68. The second-order valence-electron chi connectivity index (χ2n) is 6.14. The first-order chi connectivity index (χ1) is 10.0. The summed E-state index contributed by atoms with van der Waals surface area (Å²) in [5, 5.41) is 3.49. The highest BCUT2D eigenvalue weighted by Crippen LogP contribution is 2.23. The van der Waals surface area contributed by atoms with Gasteiger partial charge in [-0.05, 0) is 70.1 Å². The van der Waals surface area contributed by atoms with Crippen molar-refractivity contribution in [1.82, 2.24) is 9.62 Å². The molecule has 0 amide bonds. The molecule has 1 heterocycles. The molecule has 0 unspecified atom stereocenters. The molecule has 3 rings (SSSR count). The summed E-state index contributed by atoms with van der Waals surface area (Å²) in [7, 11) is -1.20. The van der Waals surface area contributed by atoms with Gasteiger partial charge in [0.1, 0.15) is 0 Å². The third-order valence-electron chi connectivity index (χ3n) is 4.15. The fraction of sp³-hybridized carbons (Fsp3) is 0.600. The van der Waals surface area contributed by atoms with E-state index >= 15 is 0 Å². The zero-order valence-corrected chi connectivity index (χ0v) is 13.2. The van der Waals surface area contributed by atoms with Crippen LogP contribution in [0.15, 0.2) is 29.2 Å². The minimum atomic E-state index is -3.34. The van der Waals surface area contributed by atoms with Crippen molar-refractivity contribution in [3.05, 3.63) is 24.3 Å². The van der Waals surface area contributed by atoms with Crippen molar-refractivity contribution >= 4 is 15.7 Å². The molecule has 0 atom stereocenters. The second kappa shape index (κ2) is 5.94. The maximum Gasteiger partial charge on any atom is 0.240 e. The maximum atomic E-state index is 12.1. The number of hydrogen-bond donors (Lipinski definition) is 2. The summed E-state index contributed by atoms with van der Waals surface area (Å²) in [5.74, 6) is 0. The van der Waals surface area contributed by atoms with Crippen LogP contribution in [0.25, 0.3) is 0 Å². The molecular weight excluding hydrogens is 286 g/mol. The number of likely N-dealkylation sites (tertiary alicyclic amines) is 1. The van der Waals surface area contributed by atoms with Gasteiger partial charge in [-0.25, -0.2) is 13.1 Å².